The molecule has 128 valence electrons. The molecule has 1 aliphatic heterocycles. The van der Waals surface area contributed by atoms with Crippen molar-refractivity contribution in [1.29, 1.82) is 0 Å². The summed E-state index contributed by atoms with van der Waals surface area (Å²) in [4.78, 5) is 38.8. The maximum absolute atomic E-state index is 12.2. The minimum Gasteiger partial charge on any atom is -0.379 e. The zero-order valence-electron chi connectivity index (χ0n) is 14.1. The van der Waals surface area contributed by atoms with Crippen molar-refractivity contribution in [2.75, 3.05) is 6.54 Å². The first-order chi connectivity index (χ1) is 11.3. The lowest BCUT2D eigenvalue weighted by Gasteiger charge is -2.20. The number of rotatable bonds is 4. The number of carbonyl (C=O) groups is 1. The van der Waals surface area contributed by atoms with Crippen LogP contribution >= 0.6 is 11.3 Å². The number of aromatic nitrogens is 2. The van der Waals surface area contributed by atoms with Crippen LogP contribution in [-0.2, 0) is 16.1 Å². The number of hydrogen-bond acceptors (Lipinski definition) is 6. The average Bonchev–Trinajstić information content (AvgIpc) is 3.00. The Kier molecular flexibility index (Phi) is 4.16. The molecule has 0 saturated carbocycles. The number of nitrogens with zero attached hydrogens (tertiary/aromatic N) is 2. The molecule has 2 N–H and O–H groups in total. The second kappa shape index (κ2) is 6.01. The first kappa shape index (κ1) is 16.6. The van der Waals surface area contributed by atoms with Gasteiger partial charge in [-0.05, 0) is 33.3 Å². The van der Waals surface area contributed by atoms with Gasteiger partial charge in [0.05, 0.1) is 11.1 Å². The highest BCUT2D eigenvalue weighted by Crippen LogP contribution is 2.26. The second-order valence-electron chi connectivity index (χ2n) is 6.31. The molecule has 0 unspecified atom stereocenters. The van der Waals surface area contributed by atoms with E-state index in [0.29, 0.717) is 30.6 Å². The minimum atomic E-state index is -0.948. The Morgan fingerprint density at radius 2 is 2.17 bits per heavy atom. The highest BCUT2D eigenvalue weighted by Gasteiger charge is 2.40. The first-order valence-electron chi connectivity index (χ1n) is 7.79. The molecular weight excluding hydrogens is 328 g/mol. The summed E-state index contributed by atoms with van der Waals surface area (Å²) in [6.45, 7) is 7.82. The lowest BCUT2D eigenvalue weighted by atomic mass is 9.99. The molecule has 0 saturated heterocycles. The number of hydrogen-bond donors (Lipinski definition) is 2. The van der Waals surface area contributed by atoms with Crippen molar-refractivity contribution in [3.8, 4) is 0 Å². The van der Waals surface area contributed by atoms with Crippen molar-refractivity contribution < 1.29 is 9.63 Å². The van der Waals surface area contributed by atoms with E-state index in [1.165, 1.54) is 11.3 Å². The van der Waals surface area contributed by atoms with Gasteiger partial charge in [0.25, 0.3) is 11.5 Å². The molecule has 0 aliphatic carbocycles. The maximum Gasteiger partial charge on any atom is 0.267 e. The van der Waals surface area contributed by atoms with Gasteiger partial charge in [-0.2, -0.15) is 0 Å². The summed E-state index contributed by atoms with van der Waals surface area (Å²) in [6.07, 6.45) is 0.927. The van der Waals surface area contributed by atoms with E-state index in [0.717, 1.165) is 21.0 Å². The van der Waals surface area contributed by atoms with Crippen LogP contribution in [-0.4, -0.2) is 33.7 Å². The predicted molar refractivity (Wildman–Crippen MR) is 93.6 cm³/mol. The van der Waals surface area contributed by atoms with E-state index in [2.05, 4.69) is 20.4 Å². The summed E-state index contributed by atoms with van der Waals surface area (Å²) in [5, 5.41) is 7.31. The van der Waals surface area contributed by atoms with Gasteiger partial charge >= 0.3 is 0 Å². The number of aryl methyl sites for hydroxylation is 2. The van der Waals surface area contributed by atoms with E-state index in [-0.39, 0.29) is 11.5 Å². The predicted octanol–water partition coefficient (Wildman–Crippen LogP) is 1.82. The zero-order chi connectivity index (χ0) is 17.5. The van der Waals surface area contributed by atoms with Crippen molar-refractivity contribution in [3.05, 3.63) is 26.6 Å². The third kappa shape index (κ3) is 2.93. The minimum absolute atomic E-state index is 0.127. The fourth-order valence-corrected chi connectivity index (χ4v) is 3.80. The summed E-state index contributed by atoms with van der Waals surface area (Å²) in [5.41, 5.74) is 0.702. The van der Waals surface area contributed by atoms with Crippen LogP contribution in [0.2, 0.25) is 0 Å². The number of H-pyrrole nitrogens is 1. The SMILES string of the molecule is CC1=NO[C@](C)(C(=O)NCCc2nc3sc(C)c(C)c3c(=O)[nH]2)C1. The normalized spacial score (nSPS) is 20.1. The molecule has 2 aromatic heterocycles. The van der Waals surface area contributed by atoms with Crippen LogP contribution in [0.25, 0.3) is 10.2 Å². The molecule has 0 aromatic carbocycles. The maximum atomic E-state index is 12.2. The molecule has 7 nitrogen and oxygen atoms in total. The van der Waals surface area contributed by atoms with Crippen LogP contribution in [0.1, 0.15) is 36.5 Å². The van der Waals surface area contributed by atoms with Gasteiger partial charge in [0.2, 0.25) is 5.60 Å². The topological polar surface area (TPSA) is 96.4 Å². The number of amides is 1. The number of oxime groups is 1. The molecule has 1 aliphatic rings. The largest absolute Gasteiger partial charge is 0.379 e. The van der Waals surface area contributed by atoms with Gasteiger partial charge in [0.15, 0.2) is 0 Å². The van der Waals surface area contributed by atoms with Gasteiger partial charge in [-0.1, -0.05) is 5.16 Å². The number of carbonyl (C=O) groups excluding carboxylic acids is 1. The molecule has 0 bridgehead atoms. The van der Waals surface area contributed by atoms with Crippen LogP contribution in [0, 0.1) is 13.8 Å². The van der Waals surface area contributed by atoms with Crippen LogP contribution in [0.4, 0.5) is 0 Å². The number of fused-ring (bicyclic) bond motifs is 1. The Morgan fingerprint density at radius 1 is 1.42 bits per heavy atom. The Morgan fingerprint density at radius 3 is 2.83 bits per heavy atom. The lowest BCUT2D eigenvalue weighted by molar-refractivity contribution is -0.141. The molecule has 3 heterocycles. The Hall–Kier alpha value is -2.22. The molecule has 3 rings (SSSR count). The molecule has 0 radical (unpaired) electrons. The standard InChI is InChI=1S/C16H20N4O3S/c1-8-7-16(4,23-20-8)15(22)17-6-5-11-18-13(21)12-9(2)10(3)24-14(12)19-11/h5-7H2,1-4H3,(H,17,22)(H,18,19,21)/t16-/m0/s1. The van der Waals surface area contributed by atoms with Crippen molar-refractivity contribution in [2.24, 2.45) is 5.16 Å². The van der Waals surface area contributed by atoms with Crippen LogP contribution in [0.3, 0.4) is 0 Å². The highest BCUT2D eigenvalue weighted by molar-refractivity contribution is 7.18. The Balaban J connectivity index is 1.66. The summed E-state index contributed by atoms with van der Waals surface area (Å²) < 4.78 is 0. The van der Waals surface area contributed by atoms with Crippen molar-refractivity contribution in [3.63, 3.8) is 0 Å². The third-order valence-electron chi connectivity index (χ3n) is 4.21. The van der Waals surface area contributed by atoms with Gasteiger partial charge in [-0.15, -0.1) is 11.3 Å². The first-order valence-corrected chi connectivity index (χ1v) is 8.60. The van der Waals surface area contributed by atoms with E-state index in [1.54, 1.807) is 6.92 Å². The Labute approximate surface area is 143 Å². The molecule has 0 spiro atoms. The number of nitrogens with one attached hydrogen (secondary N) is 2. The van der Waals surface area contributed by atoms with Gasteiger partial charge in [-0.25, -0.2) is 4.98 Å². The molecule has 2 aromatic rings. The monoisotopic (exact) mass is 348 g/mol. The molecule has 24 heavy (non-hydrogen) atoms. The second-order valence-corrected chi connectivity index (χ2v) is 7.51. The Bertz CT molecular complexity index is 899. The fraction of sp³-hybridized carbons (Fsp3) is 0.500. The van der Waals surface area contributed by atoms with E-state index < -0.39 is 5.60 Å². The van der Waals surface area contributed by atoms with E-state index in [4.69, 9.17) is 4.84 Å². The van der Waals surface area contributed by atoms with Gasteiger partial charge in [-0.3, -0.25) is 9.59 Å². The third-order valence-corrected chi connectivity index (χ3v) is 5.31. The number of aromatic amines is 1. The summed E-state index contributed by atoms with van der Waals surface area (Å²) in [6, 6.07) is 0. The molecule has 0 fully saturated rings. The summed E-state index contributed by atoms with van der Waals surface area (Å²) in [7, 11) is 0. The molecular formula is C16H20N4O3S. The van der Waals surface area contributed by atoms with Crippen LogP contribution in [0.5, 0.6) is 0 Å². The van der Waals surface area contributed by atoms with Crippen molar-refractivity contribution >= 4 is 33.2 Å². The van der Waals surface area contributed by atoms with Crippen LogP contribution in [0.15, 0.2) is 9.95 Å². The van der Waals surface area contributed by atoms with Gasteiger partial charge < -0.3 is 15.1 Å². The lowest BCUT2D eigenvalue weighted by Crippen LogP contribution is -2.45. The van der Waals surface area contributed by atoms with Crippen LogP contribution < -0.4 is 10.9 Å². The van der Waals surface area contributed by atoms with E-state index in [9.17, 15) is 9.59 Å². The van der Waals surface area contributed by atoms with E-state index in [1.807, 2.05) is 20.8 Å². The van der Waals surface area contributed by atoms with Crippen molar-refractivity contribution in [1.82, 2.24) is 15.3 Å². The quantitative estimate of drug-likeness (QED) is 0.881. The molecule has 1 amide bonds. The smallest absolute Gasteiger partial charge is 0.267 e. The zero-order valence-corrected chi connectivity index (χ0v) is 15.0. The van der Waals surface area contributed by atoms with E-state index >= 15 is 0 Å². The number of thiophene rings is 1. The van der Waals surface area contributed by atoms with Gasteiger partial charge in [0.1, 0.15) is 10.7 Å². The molecule has 8 heteroatoms. The fourth-order valence-electron chi connectivity index (χ4n) is 2.75. The van der Waals surface area contributed by atoms with Gasteiger partial charge in [0, 0.05) is 24.3 Å². The highest BCUT2D eigenvalue weighted by atomic mass is 32.1. The average molecular weight is 348 g/mol. The van der Waals surface area contributed by atoms with Crippen molar-refractivity contribution in [2.45, 2.75) is 46.1 Å². The molecule has 1 atom stereocenters. The summed E-state index contributed by atoms with van der Waals surface area (Å²) in [5.74, 6) is 0.355. The summed E-state index contributed by atoms with van der Waals surface area (Å²) >= 11 is 1.51.